The number of pyridine rings is 1. The van der Waals surface area contributed by atoms with Gasteiger partial charge in [0.05, 0.1) is 32.0 Å². The lowest BCUT2D eigenvalue weighted by Crippen LogP contribution is -2.50. The molecule has 0 radical (unpaired) electrons. The highest BCUT2D eigenvalue weighted by atomic mass is 16.5. The monoisotopic (exact) mass is 522 g/mol. The van der Waals surface area contributed by atoms with Gasteiger partial charge in [-0.3, -0.25) is 4.79 Å². The van der Waals surface area contributed by atoms with Crippen molar-refractivity contribution in [3.05, 3.63) is 47.7 Å². The number of ether oxygens (including phenoxy) is 2. The van der Waals surface area contributed by atoms with E-state index in [0.717, 1.165) is 6.42 Å². The van der Waals surface area contributed by atoms with Crippen molar-refractivity contribution >= 4 is 17.6 Å². The second kappa shape index (κ2) is 13.2. The first-order valence-electron chi connectivity index (χ1n) is 12.9. The van der Waals surface area contributed by atoms with Gasteiger partial charge in [-0.25, -0.2) is 9.78 Å². The number of nitrogens with zero attached hydrogens (tertiary/aromatic N) is 3. The summed E-state index contributed by atoms with van der Waals surface area (Å²) in [7, 11) is 3.23. The normalized spacial score (nSPS) is 17.8. The van der Waals surface area contributed by atoms with Gasteiger partial charge in [0.2, 0.25) is 5.88 Å². The first-order chi connectivity index (χ1) is 18.1. The van der Waals surface area contributed by atoms with E-state index in [9.17, 15) is 14.7 Å². The van der Waals surface area contributed by atoms with Crippen LogP contribution in [0.15, 0.2) is 36.5 Å². The molecule has 3 rings (SSSR count). The van der Waals surface area contributed by atoms with Gasteiger partial charge in [-0.05, 0) is 31.0 Å². The number of fused-ring (bicyclic) bond motifs is 1. The maximum Gasteiger partial charge on any atom is 0.321 e. The van der Waals surface area contributed by atoms with Gasteiger partial charge in [-0.15, -0.1) is 0 Å². The highest BCUT2D eigenvalue weighted by Crippen LogP contribution is 2.28. The van der Waals surface area contributed by atoms with Crippen LogP contribution in [0.25, 0.3) is 0 Å². The SMILES string of the molecule is COc1ccccc1NC(=O)N(C)C[C@@H]1Oc2ncc(C#CCC(C)C)cc2C(=O)N([C@@H](C)CO)C[C@H]1C. The highest BCUT2D eigenvalue weighted by molar-refractivity contribution is 5.97. The van der Waals surface area contributed by atoms with E-state index >= 15 is 0 Å². The van der Waals surface area contributed by atoms with Crippen LogP contribution >= 0.6 is 0 Å². The first-order valence-corrected chi connectivity index (χ1v) is 12.9. The molecule has 0 aliphatic carbocycles. The minimum atomic E-state index is -0.464. The van der Waals surface area contributed by atoms with Gasteiger partial charge >= 0.3 is 6.03 Å². The molecule has 38 heavy (non-hydrogen) atoms. The molecular weight excluding hydrogens is 484 g/mol. The summed E-state index contributed by atoms with van der Waals surface area (Å²) in [4.78, 5) is 34.1. The summed E-state index contributed by atoms with van der Waals surface area (Å²) in [6.45, 7) is 8.35. The number of hydrogen-bond acceptors (Lipinski definition) is 6. The summed E-state index contributed by atoms with van der Waals surface area (Å²) in [6, 6.07) is 8.14. The number of carbonyl (C=O) groups excluding carboxylic acids is 2. The van der Waals surface area contributed by atoms with Crippen molar-refractivity contribution in [1.82, 2.24) is 14.8 Å². The van der Waals surface area contributed by atoms with Crippen molar-refractivity contribution in [3.63, 3.8) is 0 Å². The molecule has 1 aromatic carbocycles. The molecule has 0 bridgehead atoms. The fourth-order valence-electron chi connectivity index (χ4n) is 4.06. The zero-order chi connectivity index (χ0) is 27.8. The Morgan fingerprint density at radius 1 is 1.34 bits per heavy atom. The molecule has 9 nitrogen and oxygen atoms in total. The van der Waals surface area contributed by atoms with Crippen LogP contribution in [0, 0.1) is 23.7 Å². The van der Waals surface area contributed by atoms with Crippen molar-refractivity contribution in [2.45, 2.75) is 46.3 Å². The summed E-state index contributed by atoms with van der Waals surface area (Å²) >= 11 is 0. The third-order valence-electron chi connectivity index (χ3n) is 6.41. The molecule has 1 aliphatic rings. The van der Waals surface area contributed by atoms with Crippen LogP contribution in [-0.4, -0.2) is 77.8 Å². The average molecular weight is 523 g/mol. The molecule has 0 saturated carbocycles. The summed E-state index contributed by atoms with van der Waals surface area (Å²) in [5, 5.41) is 12.7. The quantitative estimate of drug-likeness (QED) is 0.535. The number of aliphatic hydroxyl groups excluding tert-OH is 1. The van der Waals surface area contributed by atoms with E-state index in [0.29, 0.717) is 35.0 Å². The molecule has 204 valence electrons. The van der Waals surface area contributed by atoms with E-state index in [2.05, 4.69) is 36.0 Å². The minimum Gasteiger partial charge on any atom is -0.495 e. The lowest BCUT2D eigenvalue weighted by molar-refractivity contribution is 0.0356. The number of methoxy groups -OCH3 is 1. The maximum atomic E-state index is 13.5. The minimum absolute atomic E-state index is 0.157. The standard InChI is InChI=1S/C29H38N4O5/c1-19(2)10-9-11-22-14-23-27(30-15-22)38-26(20(3)16-33(28(23)35)21(4)18-34)17-32(5)29(36)31-24-12-7-8-13-25(24)37-6/h7-8,12-15,19-21,26,34H,10,16-18H2,1-6H3,(H,31,36)/t20-,21+,26+/m1/s1. The van der Waals surface area contributed by atoms with E-state index in [4.69, 9.17) is 9.47 Å². The van der Waals surface area contributed by atoms with Gasteiger partial charge in [-0.1, -0.05) is 44.7 Å². The summed E-state index contributed by atoms with van der Waals surface area (Å²) in [5.41, 5.74) is 1.47. The summed E-state index contributed by atoms with van der Waals surface area (Å²) in [6.07, 6.45) is 1.87. The van der Waals surface area contributed by atoms with E-state index in [1.165, 1.54) is 4.90 Å². The Morgan fingerprint density at radius 2 is 2.08 bits per heavy atom. The molecule has 1 aliphatic heterocycles. The molecule has 0 unspecified atom stereocenters. The van der Waals surface area contributed by atoms with Crippen molar-refractivity contribution in [2.24, 2.45) is 11.8 Å². The van der Waals surface area contributed by atoms with Gasteiger partial charge in [0.1, 0.15) is 17.4 Å². The molecule has 3 atom stereocenters. The number of aliphatic hydroxyl groups is 1. The Hall–Kier alpha value is -3.77. The third kappa shape index (κ3) is 7.17. The van der Waals surface area contributed by atoms with Crippen LogP contribution in [0.1, 0.15) is 50.0 Å². The molecule has 2 heterocycles. The van der Waals surface area contributed by atoms with Gasteiger partial charge in [0.25, 0.3) is 5.91 Å². The van der Waals surface area contributed by atoms with Crippen molar-refractivity contribution in [3.8, 4) is 23.5 Å². The lowest BCUT2D eigenvalue weighted by Gasteiger charge is -2.37. The third-order valence-corrected chi connectivity index (χ3v) is 6.41. The molecule has 3 amide bonds. The second-order valence-corrected chi connectivity index (χ2v) is 10.1. The number of carbonyl (C=O) groups is 2. The smallest absolute Gasteiger partial charge is 0.321 e. The Kier molecular flexibility index (Phi) is 9.97. The fraction of sp³-hybridized carbons (Fsp3) is 0.483. The van der Waals surface area contributed by atoms with Crippen LogP contribution in [-0.2, 0) is 0 Å². The topological polar surface area (TPSA) is 104 Å². The van der Waals surface area contributed by atoms with Crippen LogP contribution in [0.3, 0.4) is 0 Å². The van der Waals surface area contributed by atoms with Crippen molar-refractivity contribution in [1.29, 1.82) is 0 Å². The molecular formula is C29H38N4O5. The van der Waals surface area contributed by atoms with Crippen LogP contribution in [0.2, 0.25) is 0 Å². The number of urea groups is 1. The zero-order valence-electron chi connectivity index (χ0n) is 23.0. The van der Waals surface area contributed by atoms with E-state index < -0.39 is 12.1 Å². The summed E-state index contributed by atoms with van der Waals surface area (Å²) in [5.74, 6) is 6.96. The molecule has 0 saturated heterocycles. The largest absolute Gasteiger partial charge is 0.495 e. The number of para-hydroxylation sites is 2. The maximum absolute atomic E-state index is 13.5. The lowest BCUT2D eigenvalue weighted by atomic mass is 10.00. The number of amides is 3. The molecule has 2 N–H and O–H groups in total. The van der Waals surface area contributed by atoms with Gasteiger partial charge < -0.3 is 29.7 Å². The Bertz CT molecular complexity index is 1190. The fourth-order valence-corrected chi connectivity index (χ4v) is 4.06. The average Bonchev–Trinajstić information content (AvgIpc) is 2.90. The molecule has 2 aromatic rings. The predicted octanol–water partition coefficient (Wildman–Crippen LogP) is 3.87. The van der Waals surface area contributed by atoms with Gasteiger partial charge in [-0.2, -0.15) is 0 Å². The van der Waals surface area contributed by atoms with Gasteiger partial charge in [0, 0.05) is 37.7 Å². The zero-order valence-corrected chi connectivity index (χ0v) is 23.0. The number of nitrogens with one attached hydrogen (secondary N) is 1. The number of likely N-dealkylation sites (N-methyl/N-ethyl adjacent to an activating group) is 1. The molecule has 0 spiro atoms. The Morgan fingerprint density at radius 3 is 2.76 bits per heavy atom. The Labute approximate surface area is 225 Å². The number of aromatic nitrogens is 1. The van der Waals surface area contributed by atoms with Crippen LogP contribution in [0.5, 0.6) is 11.6 Å². The van der Waals surface area contributed by atoms with E-state index in [1.54, 1.807) is 50.4 Å². The van der Waals surface area contributed by atoms with Crippen molar-refractivity contribution in [2.75, 3.05) is 39.2 Å². The second-order valence-electron chi connectivity index (χ2n) is 10.1. The number of rotatable bonds is 7. The predicted molar refractivity (Wildman–Crippen MR) is 146 cm³/mol. The molecule has 0 fully saturated rings. The number of anilines is 1. The van der Waals surface area contributed by atoms with Crippen molar-refractivity contribution < 1.29 is 24.2 Å². The van der Waals surface area contributed by atoms with Gasteiger partial charge in [0.15, 0.2) is 0 Å². The first kappa shape index (κ1) is 28.8. The molecule has 9 heteroatoms. The highest BCUT2D eigenvalue weighted by Gasteiger charge is 2.34. The number of hydrogen-bond donors (Lipinski definition) is 2. The van der Waals surface area contributed by atoms with E-state index in [1.807, 2.05) is 19.1 Å². The van der Waals surface area contributed by atoms with E-state index in [-0.39, 0.29) is 36.9 Å². The Balaban J connectivity index is 1.87. The van der Waals surface area contributed by atoms with Crippen LogP contribution in [0.4, 0.5) is 10.5 Å². The summed E-state index contributed by atoms with van der Waals surface area (Å²) < 4.78 is 11.6. The molecule has 1 aromatic heterocycles. The van der Waals surface area contributed by atoms with Crippen LogP contribution < -0.4 is 14.8 Å². The number of benzene rings is 1.